The molecule has 1 amide bonds. The second kappa shape index (κ2) is 4.83. The molecule has 2 atom stereocenters. The molecule has 1 rings (SSSR count). The van der Waals surface area contributed by atoms with E-state index in [1.807, 2.05) is 0 Å². The summed E-state index contributed by atoms with van der Waals surface area (Å²) in [5, 5.41) is 11.5. The number of ether oxygens (including phenoxy) is 1. The highest BCUT2D eigenvalue weighted by Gasteiger charge is 2.31. The minimum absolute atomic E-state index is 0.284. The largest absolute Gasteiger partial charge is 0.481 e. The van der Waals surface area contributed by atoms with Crippen LogP contribution < -0.4 is 5.32 Å². The second-order valence-corrected chi connectivity index (χ2v) is 3.47. The van der Waals surface area contributed by atoms with Crippen LogP contribution in [0.3, 0.4) is 0 Å². The van der Waals surface area contributed by atoms with Crippen LogP contribution in [0.25, 0.3) is 0 Å². The highest BCUT2D eigenvalue weighted by Crippen LogP contribution is 2.24. The van der Waals surface area contributed by atoms with Gasteiger partial charge in [0.15, 0.2) is 0 Å². The van der Waals surface area contributed by atoms with Gasteiger partial charge in [-0.25, -0.2) is 4.79 Å². The topological polar surface area (TPSA) is 75.6 Å². The molecule has 80 valence electrons. The van der Waals surface area contributed by atoms with Crippen LogP contribution >= 0.6 is 0 Å². The van der Waals surface area contributed by atoms with Crippen LogP contribution in [0.1, 0.15) is 25.7 Å². The van der Waals surface area contributed by atoms with Crippen molar-refractivity contribution in [2.75, 3.05) is 7.11 Å². The Morgan fingerprint density at radius 1 is 1.36 bits per heavy atom. The van der Waals surface area contributed by atoms with Crippen LogP contribution in [-0.4, -0.2) is 30.3 Å². The molecule has 5 heteroatoms. The third-order valence-electron chi connectivity index (χ3n) is 2.57. The van der Waals surface area contributed by atoms with Gasteiger partial charge in [0, 0.05) is 6.04 Å². The lowest BCUT2D eigenvalue weighted by Crippen LogP contribution is -2.45. The lowest BCUT2D eigenvalue weighted by atomic mass is 9.85. The van der Waals surface area contributed by atoms with Crippen LogP contribution in [0.15, 0.2) is 0 Å². The van der Waals surface area contributed by atoms with E-state index in [0.717, 1.165) is 12.8 Å². The van der Waals surface area contributed by atoms with Gasteiger partial charge in [0.25, 0.3) is 0 Å². The predicted molar refractivity (Wildman–Crippen MR) is 48.9 cm³/mol. The first-order valence-electron chi connectivity index (χ1n) is 4.72. The van der Waals surface area contributed by atoms with Crippen molar-refractivity contribution in [2.24, 2.45) is 5.92 Å². The van der Waals surface area contributed by atoms with Crippen molar-refractivity contribution >= 4 is 12.1 Å². The number of aliphatic carboxylic acids is 1. The van der Waals surface area contributed by atoms with Gasteiger partial charge in [0.1, 0.15) is 0 Å². The second-order valence-electron chi connectivity index (χ2n) is 3.47. The van der Waals surface area contributed by atoms with E-state index < -0.39 is 18.0 Å². The van der Waals surface area contributed by atoms with E-state index >= 15 is 0 Å². The summed E-state index contributed by atoms with van der Waals surface area (Å²) in [6.45, 7) is 0. The molecule has 1 aliphatic carbocycles. The van der Waals surface area contributed by atoms with E-state index in [9.17, 15) is 9.59 Å². The quantitative estimate of drug-likeness (QED) is 0.698. The summed E-state index contributed by atoms with van der Waals surface area (Å²) in [5.74, 6) is -1.31. The Morgan fingerprint density at radius 2 is 2.00 bits per heavy atom. The summed E-state index contributed by atoms with van der Waals surface area (Å²) in [4.78, 5) is 21.8. The molecule has 1 aliphatic rings. The van der Waals surface area contributed by atoms with Crippen LogP contribution in [0.4, 0.5) is 4.79 Å². The third-order valence-corrected chi connectivity index (χ3v) is 2.57. The number of carboxylic acid groups (broad SMARTS) is 1. The highest BCUT2D eigenvalue weighted by molar-refractivity contribution is 5.73. The first-order chi connectivity index (χ1) is 6.65. The summed E-state index contributed by atoms with van der Waals surface area (Å²) in [6.07, 6.45) is 2.66. The first-order valence-corrected chi connectivity index (χ1v) is 4.72. The van der Waals surface area contributed by atoms with E-state index in [1.165, 1.54) is 7.11 Å². The zero-order valence-electron chi connectivity index (χ0n) is 8.16. The maximum atomic E-state index is 10.9. The van der Waals surface area contributed by atoms with Gasteiger partial charge in [-0.05, 0) is 12.8 Å². The number of alkyl carbamates (subject to hydrolysis) is 1. The number of amides is 1. The molecular formula is C9H15NO4. The molecule has 0 heterocycles. The molecule has 0 bridgehead atoms. The SMILES string of the molecule is COC(=O)N[C@@H]1CCCCC1C(=O)O. The Labute approximate surface area is 82.4 Å². The van der Waals surface area contributed by atoms with Crippen molar-refractivity contribution in [3.05, 3.63) is 0 Å². The number of nitrogens with one attached hydrogen (secondary N) is 1. The van der Waals surface area contributed by atoms with E-state index in [2.05, 4.69) is 10.1 Å². The summed E-state index contributed by atoms with van der Waals surface area (Å²) in [7, 11) is 1.27. The smallest absolute Gasteiger partial charge is 0.407 e. The number of methoxy groups -OCH3 is 1. The molecule has 0 aromatic carbocycles. The Kier molecular flexibility index (Phi) is 3.73. The summed E-state index contributed by atoms with van der Waals surface area (Å²) in [6, 6.07) is -0.284. The Bertz CT molecular complexity index is 229. The molecule has 0 radical (unpaired) electrons. The molecule has 0 aromatic heterocycles. The molecule has 0 aliphatic heterocycles. The van der Waals surface area contributed by atoms with Gasteiger partial charge in [-0.15, -0.1) is 0 Å². The Hall–Kier alpha value is -1.26. The third kappa shape index (κ3) is 2.61. The first kappa shape index (κ1) is 10.8. The molecule has 1 unspecified atom stereocenters. The molecule has 2 N–H and O–H groups in total. The Morgan fingerprint density at radius 3 is 2.57 bits per heavy atom. The highest BCUT2D eigenvalue weighted by atomic mass is 16.5. The summed E-state index contributed by atoms with van der Waals surface area (Å²) in [5.41, 5.74) is 0. The van der Waals surface area contributed by atoms with Gasteiger partial charge in [0.05, 0.1) is 13.0 Å². The van der Waals surface area contributed by atoms with Gasteiger partial charge in [-0.1, -0.05) is 12.8 Å². The number of rotatable bonds is 2. The van der Waals surface area contributed by atoms with E-state index in [0.29, 0.717) is 12.8 Å². The fourth-order valence-corrected chi connectivity index (χ4v) is 1.81. The molecule has 0 spiro atoms. The van der Waals surface area contributed by atoms with Crippen LogP contribution in [0.5, 0.6) is 0 Å². The van der Waals surface area contributed by atoms with Crippen LogP contribution in [0.2, 0.25) is 0 Å². The number of hydrogen-bond donors (Lipinski definition) is 2. The van der Waals surface area contributed by atoms with Gasteiger partial charge in [-0.3, -0.25) is 4.79 Å². The minimum Gasteiger partial charge on any atom is -0.481 e. The maximum Gasteiger partial charge on any atom is 0.407 e. The van der Waals surface area contributed by atoms with Crippen molar-refractivity contribution in [1.82, 2.24) is 5.32 Å². The molecule has 5 nitrogen and oxygen atoms in total. The van der Waals surface area contributed by atoms with Crippen molar-refractivity contribution in [3.8, 4) is 0 Å². The lowest BCUT2D eigenvalue weighted by molar-refractivity contribution is -0.143. The summed E-state index contributed by atoms with van der Waals surface area (Å²) < 4.78 is 4.44. The molecule has 1 saturated carbocycles. The van der Waals surface area contributed by atoms with Crippen molar-refractivity contribution in [3.63, 3.8) is 0 Å². The zero-order chi connectivity index (χ0) is 10.6. The average Bonchev–Trinajstić information content (AvgIpc) is 2.18. The minimum atomic E-state index is -0.842. The van der Waals surface area contributed by atoms with E-state index in [1.54, 1.807) is 0 Å². The fourth-order valence-electron chi connectivity index (χ4n) is 1.81. The number of carboxylic acids is 1. The number of hydrogen-bond acceptors (Lipinski definition) is 3. The standard InChI is InChI=1S/C9H15NO4/c1-14-9(13)10-7-5-3-2-4-6(7)8(11)12/h6-7H,2-5H2,1H3,(H,10,13)(H,11,12)/t6?,7-/m1/s1. The molecule has 1 fully saturated rings. The number of carbonyl (C=O) groups is 2. The maximum absolute atomic E-state index is 10.9. The predicted octanol–water partition coefficient (Wildman–Crippen LogP) is 0.986. The monoisotopic (exact) mass is 201 g/mol. The molecule has 0 saturated heterocycles. The van der Waals surface area contributed by atoms with Crippen molar-refractivity contribution in [1.29, 1.82) is 0 Å². The van der Waals surface area contributed by atoms with E-state index in [4.69, 9.17) is 5.11 Å². The fraction of sp³-hybridized carbons (Fsp3) is 0.778. The van der Waals surface area contributed by atoms with Gasteiger partial charge < -0.3 is 15.2 Å². The number of carbonyl (C=O) groups excluding carboxylic acids is 1. The van der Waals surface area contributed by atoms with Gasteiger partial charge >= 0.3 is 12.1 Å². The molecule has 0 aromatic rings. The summed E-state index contributed by atoms with van der Waals surface area (Å²) >= 11 is 0. The average molecular weight is 201 g/mol. The van der Waals surface area contributed by atoms with Gasteiger partial charge in [0.2, 0.25) is 0 Å². The van der Waals surface area contributed by atoms with Crippen molar-refractivity contribution in [2.45, 2.75) is 31.7 Å². The van der Waals surface area contributed by atoms with Gasteiger partial charge in [-0.2, -0.15) is 0 Å². The van der Waals surface area contributed by atoms with Crippen molar-refractivity contribution < 1.29 is 19.4 Å². The molecular weight excluding hydrogens is 186 g/mol. The van der Waals surface area contributed by atoms with E-state index in [-0.39, 0.29) is 6.04 Å². The normalized spacial score (nSPS) is 26.6. The molecule has 14 heavy (non-hydrogen) atoms. The lowest BCUT2D eigenvalue weighted by Gasteiger charge is -2.28. The van der Waals surface area contributed by atoms with Crippen LogP contribution in [0, 0.1) is 5.92 Å². The Balaban J connectivity index is 2.54. The zero-order valence-corrected chi connectivity index (χ0v) is 8.16. The van der Waals surface area contributed by atoms with Crippen LogP contribution in [-0.2, 0) is 9.53 Å².